The van der Waals surface area contributed by atoms with Gasteiger partial charge in [-0.3, -0.25) is 9.19 Å². The van der Waals surface area contributed by atoms with Crippen molar-refractivity contribution in [3.63, 3.8) is 0 Å². The first-order valence-corrected chi connectivity index (χ1v) is 17.5. The Bertz CT molecular complexity index is 1830. The third kappa shape index (κ3) is 7.33. The zero-order chi connectivity index (χ0) is 33.3. The van der Waals surface area contributed by atoms with Crippen molar-refractivity contribution < 1.29 is 37.4 Å². The highest BCUT2D eigenvalue weighted by Crippen LogP contribution is 2.36. The van der Waals surface area contributed by atoms with E-state index in [2.05, 4.69) is 4.98 Å². The van der Waals surface area contributed by atoms with Crippen molar-refractivity contribution in [3.8, 4) is 28.4 Å². The maximum Gasteiger partial charge on any atom is 0.410 e. The average molecular weight is 671 g/mol. The summed E-state index contributed by atoms with van der Waals surface area (Å²) in [7, 11) is -1.02. The molecule has 3 aromatic carbocycles. The van der Waals surface area contributed by atoms with Gasteiger partial charge in [-0.2, -0.15) is 0 Å². The molecule has 3 atom stereocenters. The molecule has 1 aromatic heterocycles. The summed E-state index contributed by atoms with van der Waals surface area (Å²) in [6, 6.07) is 21.4. The van der Waals surface area contributed by atoms with E-state index in [4.69, 9.17) is 28.4 Å². The summed E-state index contributed by atoms with van der Waals surface area (Å²) in [5, 5.41) is 0. The normalized spacial score (nSPS) is 20.1. The number of pyridine rings is 1. The van der Waals surface area contributed by atoms with E-state index < -0.39 is 16.6 Å². The number of amides is 1. The van der Waals surface area contributed by atoms with Gasteiger partial charge in [0.05, 0.1) is 26.4 Å². The fraction of sp³-hybridized carbons (Fsp3) is 0.351. The molecule has 10 nitrogen and oxygen atoms in total. The van der Waals surface area contributed by atoms with Crippen molar-refractivity contribution in [1.29, 1.82) is 0 Å². The van der Waals surface area contributed by atoms with Crippen LogP contribution in [-0.4, -0.2) is 64.6 Å². The van der Waals surface area contributed by atoms with Gasteiger partial charge in [-0.25, -0.2) is 4.79 Å². The van der Waals surface area contributed by atoms with Gasteiger partial charge < -0.3 is 33.3 Å². The molecule has 4 aromatic rings. The highest BCUT2D eigenvalue weighted by molar-refractivity contribution is 7.84. The van der Waals surface area contributed by atoms with E-state index in [0.29, 0.717) is 57.4 Å². The summed E-state index contributed by atoms with van der Waals surface area (Å²) in [4.78, 5) is 19.6. The monoisotopic (exact) mass is 670 g/mol. The van der Waals surface area contributed by atoms with Crippen LogP contribution in [0.3, 0.4) is 0 Å². The maximum absolute atomic E-state index is 12.7. The summed E-state index contributed by atoms with van der Waals surface area (Å²) in [5.41, 5.74) is 5.81. The van der Waals surface area contributed by atoms with Crippen LogP contribution in [0.1, 0.15) is 42.2 Å². The molecule has 0 N–H and O–H groups in total. The van der Waals surface area contributed by atoms with E-state index in [0.717, 1.165) is 44.0 Å². The van der Waals surface area contributed by atoms with Crippen LogP contribution >= 0.6 is 0 Å². The number of hydrogen-bond acceptors (Lipinski definition) is 9. The molecular formula is C37H38N2O8S. The van der Waals surface area contributed by atoms with E-state index >= 15 is 0 Å². The van der Waals surface area contributed by atoms with E-state index in [1.54, 1.807) is 23.5 Å². The molecule has 0 saturated carbocycles. The lowest BCUT2D eigenvalue weighted by molar-refractivity contribution is -0.180. The van der Waals surface area contributed by atoms with Crippen LogP contribution in [0.25, 0.3) is 11.1 Å². The lowest BCUT2D eigenvalue weighted by atomic mass is 10.0. The number of cyclic esters (lactones) is 1. The van der Waals surface area contributed by atoms with Gasteiger partial charge in [-0.15, -0.1) is 0 Å². The predicted octanol–water partition coefficient (Wildman–Crippen LogP) is 6.22. The summed E-state index contributed by atoms with van der Waals surface area (Å²) >= 11 is 0. The van der Waals surface area contributed by atoms with E-state index in [-0.39, 0.29) is 18.3 Å². The van der Waals surface area contributed by atoms with Crippen LogP contribution in [-0.2, 0) is 44.6 Å². The first-order chi connectivity index (χ1) is 23.2. The minimum Gasteiger partial charge on any atom is -0.486 e. The van der Waals surface area contributed by atoms with Crippen molar-refractivity contribution in [3.05, 3.63) is 101 Å². The van der Waals surface area contributed by atoms with Crippen LogP contribution in [0.15, 0.2) is 84.0 Å². The third-order valence-electron chi connectivity index (χ3n) is 8.56. The van der Waals surface area contributed by atoms with Crippen LogP contribution < -0.4 is 14.2 Å². The molecule has 1 amide bonds. The van der Waals surface area contributed by atoms with E-state index in [1.807, 2.05) is 80.6 Å². The van der Waals surface area contributed by atoms with Gasteiger partial charge in [0.1, 0.15) is 18.5 Å². The molecule has 48 heavy (non-hydrogen) atoms. The second-order valence-corrected chi connectivity index (χ2v) is 14.0. The quantitative estimate of drug-likeness (QED) is 0.194. The zero-order valence-electron chi connectivity index (χ0n) is 27.2. The van der Waals surface area contributed by atoms with Gasteiger partial charge in [-0.1, -0.05) is 24.3 Å². The Morgan fingerprint density at radius 2 is 1.77 bits per heavy atom. The Hall–Kier alpha value is -4.45. The van der Waals surface area contributed by atoms with Crippen molar-refractivity contribution in [2.24, 2.45) is 0 Å². The average Bonchev–Trinajstić information content (AvgIpc) is 3.46. The maximum atomic E-state index is 12.7. The lowest BCUT2D eigenvalue weighted by Crippen LogP contribution is -2.35. The Morgan fingerprint density at radius 1 is 0.938 bits per heavy atom. The number of aromatic nitrogens is 1. The number of nitrogens with zero attached hydrogens (tertiary/aromatic N) is 2. The summed E-state index contributed by atoms with van der Waals surface area (Å²) in [6.45, 7) is 6.32. The largest absolute Gasteiger partial charge is 0.486 e. The molecule has 1 fully saturated rings. The summed E-state index contributed by atoms with van der Waals surface area (Å²) in [5.74, 6) is 1.49. The molecule has 3 aliphatic rings. The first-order valence-electron chi connectivity index (χ1n) is 16.0. The number of ether oxygens (including phenoxy) is 6. The lowest BCUT2D eigenvalue weighted by Gasteiger charge is -2.32. The van der Waals surface area contributed by atoms with Crippen LogP contribution in [0.4, 0.5) is 4.79 Å². The van der Waals surface area contributed by atoms with Gasteiger partial charge in [0, 0.05) is 65.9 Å². The van der Waals surface area contributed by atoms with E-state index in [1.165, 1.54) is 0 Å². The molecule has 0 bridgehead atoms. The third-order valence-corrected chi connectivity index (χ3v) is 9.49. The number of benzene rings is 3. The standard InChI is InChI=1S/C37H38N2O8S/c1-37(2)44-21-29-16-27(7-11-32(29)47-37)35-19-39(36(40)46-35)13-12-24-4-10-33-34(15-24)45-30(23-43-33)22-42-20-25-14-28(18-38-17-25)26-5-8-31(9-6-26)48(3)41/h4-11,14-18,30,35H,12-13,19-23H2,1-3H3. The highest BCUT2D eigenvalue weighted by atomic mass is 32.2. The highest BCUT2D eigenvalue weighted by Gasteiger charge is 2.34. The molecule has 0 radical (unpaired) electrons. The minimum atomic E-state index is -1.02. The Balaban J connectivity index is 0.901. The molecule has 1 saturated heterocycles. The predicted molar refractivity (Wildman–Crippen MR) is 178 cm³/mol. The van der Waals surface area contributed by atoms with Gasteiger partial charge in [0.2, 0.25) is 5.79 Å². The van der Waals surface area contributed by atoms with Crippen LogP contribution in [0, 0.1) is 0 Å². The molecule has 250 valence electrons. The fourth-order valence-electron chi connectivity index (χ4n) is 5.96. The molecule has 3 aliphatic heterocycles. The number of carbonyl (C=O) groups excluding carboxylic acids is 1. The second-order valence-electron chi connectivity index (χ2n) is 12.6. The Morgan fingerprint density at radius 3 is 2.60 bits per heavy atom. The number of hydrogen-bond donors (Lipinski definition) is 0. The fourth-order valence-corrected chi connectivity index (χ4v) is 6.47. The minimum absolute atomic E-state index is 0.265. The van der Waals surface area contributed by atoms with E-state index in [9.17, 15) is 9.00 Å². The Labute approximate surface area is 282 Å². The van der Waals surface area contributed by atoms with Crippen molar-refractivity contribution in [2.45, 2.75) is 56.4 Å². The first kappa shape index (κ1) is 32.1. The Kier molecular flexibility index (Phi) is 9.09. The topological polar surface area (TPSA) is 106 Å². The number of fused-ring (bicyclic) bond motifs is 2. The van der Waals surface area contributed by atoms with Gasteiger partial charge in [0.25, 0.3) is 0 Å². The summed E-state index contributed by atoms with van der Waals surface area (Å²) in [6.07, 6.45) is 4.96. The molecule has 3 unspecified atom stereocenters. The molecule has 7 rings (SSSR count). The van der Waals surface area contributed by atoms with Gasteiger partial charge >= 0.3 is 6.09 Å². The molecule has 0 spiro atoms. The smallest absolute Gasteiger partial charge is 0.410 e. The van der Waals surface area contributed by atoms with Gasteiger partial charge in [-0.05, 0) is 71.1 Å². The summed E-state index contributed by atoms with van der Waals surface area (Å²) < 4.78 is 47.3. The van der Waals surface area contributed by atoms with Crippen LogP contribution in [0.2, 0.25) is 0 Å². The number of carbonyl (C=O) groups is 1. The number of rotatable bonds is 10. The molecule has 0 aliphatic carbocycles. The van der Waals surface area contributed by atoms with Crippen molar-refractivity contribution in [2.75, 3.05) is 32.6 Å². The van der Waals surface area contributed by atoms with Crippen molar-refractivity contribution >= 4 is 16.9 Å². The van der Waals surface area contributed by atoms with Crippen LogP contribution in [0.5, 0.6) is 17.2 Å². The van der Waals surface area contributed by atoms with Crippen molar-refractivity contribution in [1.82, 2.24) is 9.88 Å². The second kappa shape index (κ2) is 13.6. The SMILES string of the molecule is CS(=O)c1ccc(-c2cncc(COCC3COc4ccc(CCN5CC(c6ccc7c(c6)COC(C)(C)O7)OC5=O)cc4O3)c2)cc1. The zero-order valence-corrected chi connectivity index (χ0v) is 28.0. The van der Waals surface area contributed by atoms with Gasteiger partial charge in [0.15, 0.2) is 17.6 Å². The molecular weight excluding hydrogens is 632 g/mol. The molecule has 4 heterocycles. The molecule has 11 heteroatoms.